The van der Waals surface area contributed by atoms with Gasteiger partial charge in [-0.25, -0.2) is 4.39 Å². The SMILES string of the molecule is CSc1cc(C)[nH]c(=O)c1CNC(=O)c1cc(Cl)cc2c1C(C)OC(C)(C1CCN(C(=O)C3(F)CC3)CC1)O2. The van der Waals surface area contributed by atoms with E-state index >= 15 is 0 Å². The summed E-state index contributed by atoms with van der Waals surface area (Å²) < 4.78 is 27.1. The standard InChI is InChI=1S/C28H33ClFN3O5S/c1-15-11-22(39-4)20(25(35)32-15)14-31-24(34)19-12-18(29)13-21-23(19)16(2)37-27(3,38-21)17-5-9-33(10-6-17)26(36)28(30)7-8-28/h11-13,16-17H,5-10,14H2,1-4H3,(H,31,34)(H,32,35). The smallest absolute Gasteiger partial charge is 0.260 e. The molecule has 2 amide bonds. The van der Waals surface area contributed by atoms with E-state index in [-0.39, 0.29) is 18.0 Å². The van der Waals surface area contributed by atoms with Gasteiger partial charge < -0.3 is 24.7 Å². The van der Waals surface area contributed by atoms with Crippen LogP contribution < -0.4 is 15.6 Å². The second kappa shape index (κ2) is 10.4. The van der Waals surface area contributed by atoms with Crippen molar-refractivity contribution in [3.63, 3.8) is 0 Å². The number of fused-ring (bicyclic) bond motifs is 1. The van der Waals surface area contributed by atoms with Crippen molar-refractivity contribution in [2.45, 2.75) is 75.5 Å². The van der Waals surface area contributed by atoms with Crippen molar-refractivity contribution >= 4 is 35.2 Å². The summed E-state index contributed by atoms with van der Waals surface area (Å²) in [6.45, 7) is 6.47. The number of alkyl halides is 1. The van der Waals surface area contributed by atoms with Crippen LogP contribution in [-0.4, -0.2) is 52.5 Å². The van der Waals surface area contributed by atoms with Gasteiger partial charge in [0.1, 0.15) is 5.75 Å². The van der Waals surface area contributed by atoms with Crippen LogP contribution in [-0.2, 0) is 16.1 Å². The molecule has 1 aromatic carbocycles. The number of aromatic nitrogens is 1. The van der Waals surface area contributed by atoms with Crippen LogP contribution in [0.5, 0.6) is 5.75 Å². The number of rotatable bonds is 6. The largest absolute Gasteiger partial charge is 0.462 e. The molecule has 1 aliphatic carbocycles. The van der Waals surface area contributed by atoms with E-state index in [2.05, 4.69) is 10.3 Å². The highest BCUT2D eigenvalue weighted by Crippen LogP contribution is 2.47. The molecule has 3 aliphatic rings. The fraction of sp³-hybridized carbons (Fsp3) is 0.536. The molecule has 2 aromatic rings. The number of thioether (sulfide) groups is 1. The third-order valence-corrected chi connectivity index (χ3v) is 8.98. The van der Waals surface area contributed by atoms with Crippen LogP contribution in [0, 0.1) is 12.8 Å². The lowest BCUT2D eigenvalue weighted by molar-refractivity contribution is -0.250. The molecule has 2 atom stereocenters. The molecule has 2 N–H and O–H groups in total. The molecule has 0 radical (unpaired) electrons. The number of pyridine rings is 1. The van der Waals surface area contributed by atoms with Crippen LogP contribution in [0.15, 0.2) is 27.9 Å². The fourth-order valence-electron chi connectivity index (χ4n) is 5.63. The molecular formula is C28H33ClFN3O5S. The highest BCUT2D eigenvalue weighted by atomic mass is 35.5. The molecule has 39 heavy (non-hydrogen) atoms. The molecular weight excluding hydrogens is 545 g/mol. The Bertz CT molecular complexity index is 1370. The van der Waals surface area contributed by atoms with Crippen LogP contribution in [0.4, 0.5) is 4.39 Å². The van der Waals surface area contributed by atoms with Crippen molar-refractivity contribution < 1.29 is 23.5 Å². The quantitative estimate of drug-likeness (QED) is 0.473. The minimum absolute atomic E-state index is 0.0404. The zero-order valence-corrected chi connectivity index (χ0v) is 24.1. The molecule has 5 rings (SSSR count). The lowest BCUT2D eigenvalue weighted by Crippen LogP contribution is -2.52. The van der Waals surface area contributed by atoms with Gasteiger partial charge in [-0.15, -0.1) is 11.8 Å². The van der Waals surface area contributed by atoms with Gasteiger partial charge in [0, 0.05) is 59.2 Å². The number of aryl methyl sites for hydroxylation is 1. The van der Waals surface area contributed by atoms with Gasteiger partial charge in [-0.3, -0.25) is 14.4 Å². The van der Waals surface area contributed by atoms with E-state index in [0.717, 1.165) is 10.6 Å². The first-order chi connectivity index (χ1) is 18.4. The topological polar surface area (TPSA) is 101 Å². The van der Waals surface area contributed by atoms with Crippen LogP contribution in [0.2, 0.25) is 5.02 Å². The number of amides is 2. The van der Waals surface area contributed by atoms with Crippen molar-refractivity contribution in [2.24, 2.45) is 5.92 Å². The Balaban J connectivity index is 1.32. The fourth-order valence-corrected chi connectivity index (χ4v) is 6.54. The number of hydrogen-bond donors (Lipinski definition) is 2. The van der Waals surface area contributed by atoms with Gasteiger partial charge in [0.05, 0.1) is 11.7 Å². The number of benzene rings is 1. The molecule has 3 heterocycles. The number of nitrogens with zero attached hydrogens (tertiary/aromatic N) is 1. The summed E-state index contributed by atoms with van der Waals surface area (Å²) in [6.07, 6.45) is 3.23. The number of halogens is 2. The maximum Gasteiger partial charge on any atom is 0.260 e. The summed E-state index contributed by atoms with van der Waals surface area (Å²) in [5.41, 5.74) is 0.226. The zero-order chi connectivity index (χ0) is 28.1. The number of nitrogens with one attached hydrogen (secondary N) is 2. The number of likely N-dealkylation sites (tertiary alicyclic amines) is 1. The third-order valence-electron chi connectivity index (χ3n) is 7.95. The second-order valence-electron chi connectivity index (χ2n) is 10.8. The summed E-state index contributed by atoms with van der Waals surface area (Å²) in [5.74, 6) is -1.38. The van der Waals surface area contributed by atoms with Gasteiger partial charge in [-0.1, -0.05) is 11.6 Å². The first kappa shape index (κ1) is 28.0. The monoisotopic (exact) mass is 577 g/mol. The number of carbonyl (C=O) groups is 2. The minimum Gasteiger partial charge on any atom is -0.462 e. The lowest BCUT2D eigenvalue weighted by Gasteiger charge is -2.46. The minimum atomic E-state index is -1.67. The van der Waals surface area contributed by atoms with Gasteiger partial charge in [-0.05, 0) is 64.0 Å². The summed E-state index contributed by atoms with van der Waals surface area (Å²) >= 11 is 7.87. The van der Waals surface area contributed by atoms with Crippen molar-refractivity contribution in [3.8, 4) is 5.75 Å². The van der Waals surface area contributed by atoms with E-state index in [0.29, 0.717) is 66.2 Å². The number of aromatic amines is 1. The molecule has 1 saturated carbocycles. The number of ether oxygens (including phenoxy) is 2. The van der Waals surface area contributed by atoms with Gasteiger partial charge in [-0.2, -0.15) is 0 Å². The van der Waals surface area contributed by atoms with Crippen LogP contribution in [0.1, 0.15) is 72.8 Å². The zero-order valence-electron chi connectivity index (χ0n) is 22.5. The van der Waals surface area contributed by atoms with E-state index in [1.807, 2.05) is 33.1 Å². The molecule has 1 saturated heterocycles. The van der Waals surface area contributed by atoms with Gasteiger partial charge in [0.15, 0.2) is 5.67 Å². The summed E-state index contributed by atoms with van der Waals surface area (Å²) in [6, 6.07) is 5.13. The first-order valence-electron chi connectivity index (χ1n) is 13.2. The average Bonchev–Trinajstić information content (AvgIpc) is 3.64. The molecule has 2 aliphatic heterocycles. The Kier molecular flexibility index (Phi) is 7.50. The van der Waals surface area contributed by atoms with E-state index in [1.165, 1.54) is 11.8 Å². The van der Waals surface area contributed by atoms with Crippen molar-refractivity contribution in [2.75, 3.05) is 19.3 Å². The van der Waals surface area contributed by atoms with E-state index in [1.54, 1.807) is 17.0 Å². The van der Waals surface area contributed by atoms with Crippen LogP contribution >= 0.6 is 23.4 Å². The van der Waals surface area contributed by atoms with E-state index in [9.17, 15) is 18.8 Å². The lowest BCUT2D eigenvalue weighted by atomic mass is 9.87. The maximum absolute atomic E-state index is 14.3. The summed E-state index contributed by atoms with van der Waals surface area (Å²) in [7, 11) is 0. The Morgan fingerprint density at radius 2 is 1.95 bits per heavy atom. The highest BCUT2D eigenvalue weighted by Gasteiger charge is 2.54. The van der Waals surface area contributed by atoms with Crippen LogP contribution in [0.25, 0.3) is 0 Å². The molecule has 8 nitrogen and oxygen atoms in total. The number of H-pyrrole nitrogens is 1. The first-order valence-corrected chi connectivity index (χ1v) is 14.8. The van der Waals surface area contributed by atoms with Crippen molar-refractivity contribution in [3.05, 3.63) is 56.0 Å². The van der Waals surface area contributed by atoms with Crippen molar-refractivity contribution in [1.82, 2.24) is 15.2 Å². The molecule has 0 spiro atoms. The predicted octanol–water partition coefficient (Wildman–Crippen LogP) is 4.92. The summed E-state index contributed by atoms with van der Waals surface area (Å²) in [5, 5.41) is 3.19. The van der Waals surface area contributed by atoms with Gasteiger partial charge in [0.2, 0.25) is 5.79 Å². The number of carbonyl (C=O) groups excluding carboxylic acids is 2. The van der Waals surface area contributed by atoms with Gasteiger partial charge in [0.25, 0.3) is 17.4 Å². The Labute approximate surface area is 236 Å². The highest BCUT2D eigenvalue weighted by molar-refractivity contribution is 7.98. The Morgan fingerprint density at radius 3 is 2.59 bits per heavy atom. The predicted molar refractivity (Wildman–Crippen MR) is 147 cm³/mol. The van der Waals surface area contributed by atoms with E-state index in [4.69, 9.17) is 21.1 Å². The van der Waals surface area contributed by atoms with Crippen molar-refractivity contribution in [1.29, 1.82) is 0 Å². The second-order valence-corrected chi connectivity index (χ2v) is 12.1. The Morgan fingerprint density at radius 1 is 1.26 bits per heavy atom. The Hall–Kier alpha value is -2.56. The number of piperidine rings is 1. The normalized spacial score (nSPS) is 24.1. The molecule has 210 valence electrons. The molecule has 1 aromatic heterocycles. The molecule has 0 bridgehead atoms. The summed E-state index contributed by atoms with van der Waals surface area (Å²) in [4.78, 5) is 43.5. The molecule has 11 heteroatoms. The average molecular weight is 578 g/mol. The number of hydrogen-bond acceptors (Lipinski definition) is 6. The molecule has 2 unspecified atom stereocenters. The maximum atomic E-state index is 14.3. The third kappa shape index (κ3) is 5.43. The van der Waals surface area contributed by atoms with Gasteiger partial charge >= 0.3 is 0 Å². The van der Waals surface area contributed by atoms with E-state index < -0.39 is 29.4 Å². The molecule has 2 fully saturated rings. The van der Waals surface area contributed by atoms with Crippen LogP contribution in [0.3, 0.4) is 0 Å².